The van der Waals surface area contributed by atoms with Gasteiger partial charge in [-0.1, -0.05) is 0 Å². The van der Waals surface area contributed by atoms with Gasteiger partial charge in [0.05, 0.1) is 36.9 Å². The molecule has 7 nitrogen and oxygen atoms in total. The molecule has 0 unspecified atom stereocenters. The molecule has 2 aliphatic rings. The van der Waals surface area contributed by atoms with Gasteiger partial charge in [0, 0.05) is 50.0 Å². The molecule has 0 radical (unpaired) electrons. The van der Waals surface area contributed by atoms with E-state index in [4.69, 9.17) is 9.47 Å². The Morgan fingerprint density at radius 2 is 2.00 bits per heavy atom. The van der Waals surface area contributed by atoms with Crippen molar-refractivity contribution in [2.45, 2.75) is 25.3 Å². The van der Waals surface area contributed by atoms with Crippen molar-refractivity contribution in [3.8, 4) is 0 Å². The molecule has 4 rings (SSSR count). The monoisotopic (exact) mass is 452 g/mol. The number of hydrogen-bond donors (Lipinski definition) is 1. The minimum atomic E-state index is -4.49. The summed E-state index contributed by atoms with van der Waals surface area (Å²) in [7, 11) is 0. The summed E-state index contributed by atoms with van der Waals surface area (Å²) < 4.78 is 51.5. The van der Waals surface area contributed by atoms with E-state index in [2.05, 4.69) is 15.2 Å². The lowest BCUT2D eigenvalue weighted by atomic mass is 10.0. The lowest BCUT2D eigenvalue weighted by Crippen LogP contribution is -2.53. The first-order valence-electron chi connectivity index (χ1n) is 10.8. The van der Waals surface area contributed by atoms with E-state index in [1.165, 1.54) is 12.3 Å². The quantitative estimate of drug-likeness (QED) is 0.751. The molecule has 32 heavy (non-hydrogen) atoms. The van der Waals surface area contributed by atoms with Crippen LogP contribution in [0.25, 0.3) is 10.9 Å². The molecule has 0 bridgehead atoms. The molecule has 0 spiro atoms. The molecule has 1 aromatic carbocycles. The molecule has 10 heteroatoms. The third-order valence-corrected chi connectivity index (χ3v) is 5.78. The summed E-state index contributed by atoms with van der Waals surface area (Å²) in [6.07, 6.45) is -4.11. The number of anilines is 1. The van der Waals surface area contributed by atoms with E-state index in [9.17, 15) is 18.0 Å². The first kappa shape index (κ1) is 22.8. The molecular formula is C22H27F3N4O3. The summed E-state index contributed by atoms with van der Waals surface area (Å²) in [4.78, 5) is 20.9. The molecule has 2 aromatic rings. The SMILES string of the molecule is C[C@@H]1CN(c2ccc(C(F)(F)F)c3ncccc23)C[C@H](C(=O)NCCN2CCOCC2)O1. The molecular weight excluding hydrogens is 425 g/mol. The van der Waals surface area contributed by atoms with Gasteiger partial charge >= 0.3 is 6.18 Å². The normalized spacial score (nSPS) is 22.8. The second-order valence-electron chi connectivity index (χ2n) is 8.11. The summed E-state index contributed by atoms with van der Waals surface area (Å²) in [5.74, 6) is -0.218. The van der Waals surface area contributed by atoms with E-state index in [-0.39, 0.29) is 24.1 Å². The number of alkyl halides is 3. The van der Waals surface area contributed by atoms with Gasteiger partial charge in [-0.25, -0.2) is 0 Å². The summed E-state index contributed by atoms with van der Waals surface area (Å²) in [5.41, 5.74) is -0.249. The van der Waals surface area contributed by atoms with Gasteiger partial charge in [0.1, 0.15) is 0 Å². The van der Waals surface area contributed by atoms with E-state index in [1.807, 2.05) is 11.8 Å². The van der Waals surface area contributed by atoms with Crippen LogP contribution in [-0.4, -0.2) is 80.5 Å². The summed E-state index contributed by atoms with van der Waals surface area (Å²) in [6.45, 7) is 6.88. The number of aromatic nitrogens is 1. The number of pyridine rings is 1. The number of fused-ring (bicyclic) bond motifs is 1. The minimum absolute atomic E-state index is 0.0943. The molecule has 174 valence electrons. The van der Waals surface area contributed by atoms with Gasteiger partial charge in [0.25, 0.3) is 5.91 Å². The topological polar surface area (TPSA) is 66.9 Å². The molecule has 2 fully saturated rings. The average molecular weight is 452 g/mol. The summed E-state index contributed by atoms with van der Waals surface area (Å²) >= 11 is 0. The average Bonchev–Trinajstić information content (AvgIpc) is 2.78. The maximum Gasteiger partial charge on any atom is 0.418 e. The highest BCUT2D eigenvalue weighted by Gasteiger charge is 2.35. The molecule has 2 atom stereocenters. The molecule has 0 saturated carbocycles. The number of nitrogens with one attached hydrogen (secondary N) is 1. The number of halogens is 3. The number of ether oxygens (including phenoxy) is 2. The predicted octanol–water partition coefficient (Wildman–Crippen LogP) is 2.30. The van der Waals surface area contributed by atoms with Crippen molar-refractivity contribution in [3.05, 3.63) is 36.0 Å². The fourth-order valence-corrected chi connectivity index (χ4v) is 4.23. The van der Waals surface area contributed by atoms with E-state index in [1.54, 1.807) is 12.1 Å². The lowest BCUT2D eigenvalue weighted by Gasteiger charge is -2.38. The number of morpholine rings is 2. The Morgan fingerprint density at radius 1 is 1.22 bits per heavy atom. The Balaban J connectivity index is 1.47. The Bertz CT molecular complexity index is 950. The van der Waals surface area contributed by atoms with Gasteiger partial charge in [-0.2, -0.15) is 13.2 Å². The lowest BCUT2D eigenvalue weighted by molar-refractivity contribution is -0.137. The van der Waals surface area contributed by atoms with Crippen LogP contribution in [0.3, 0.4) is 0 Å². The molecule has 1 N–H and O–H groups in total. The largest absolute Gasteiger partial charge is 0.418 e. The smallest absolute Gasteiger partial charge is 0.379 e. The number of hydrogen-bond acceptors (Lipinski definition) is 6. The van der Waals surface area contributed by atoms with Gasteiger partial charge in [-0.15, -0.1) is 0 Å². The number of benzene rings is 1. The van der Waals surface area contributed by atoms with Crippen molar-refractivity contribution in [2.24, 2.45) is 0 Å². The third-order valence-electron chi connectivity index (χ3n) is 5.78. The number of carbonyl (C=O) groups is 1. The van der Waals surface area contributed by atoms with Gasteiger partial charge in [0.2, 0.25) is 0 Å². The van der Waals surface area contributed by atoms with Gasteiger partial charge in [0.15, 0.2) is 6.10 Å². The second-order valence-corrected chi connectivity index (χ2v) is 8.11. The molecule has 1 amide bonds. The highest BCUT2D eigenvalue weighted by Crippen LogP contribution is 2.38. The van der Waals surface area contributed by atoms with E-state index in [0.29, 0.717) is 37.4 Å². The molecule has 2 saturated heterocycles. The van der Waals surface area contributed by atoms with E-state index >= 15 is 0 Å². The predicted molar refractivity (Wildman–Crippen MR) is 114 cm³/mol. The van der Waals surface area contributed by atoms with Crippen molar-refractivity contribution in [1.29, 1.82) is 0 Å². The van der Waals surface area contributed by atoms with Crippen molar-refractivity contribution in [2.75, 3.05) is 57.4 Å². The molecule has 3 heterocycles. The zero-order valence-electron chi connectivity index (χ0n) is 17.9. The highest BCUT2D eigenvalue weighted by molar-refractivity contribution is 5.94. The maximum atomic E-state index is 13.4. The number of nitrogens with zero attached hydrogens (tertiary/aromatic N) is 3. The Labute approximate surface area is 184 Å². The third kappa shape index (κ3) is 5.13. The van der Waals surface area contributed by atoms with E-state index in [0.717, 1.165) is 25.7 Å². The highest BCUT2D eigenvalue weighted by atomic mass is 19.4. The summed E-state index contributed by atoms with van der Waals surface area (Å²) in [5, 5.41) is 3.33. The number of carbonyl (C=O) groups excluding carboxylic acids is 1. The van der Waals surface area contributed by atoms with Crippen LogP contribution in [0.1, 0.15) is 12.5 Å². The van der Waals surface area contributed by atoms with Crippen LogP contribution in [0.15, 0.2) is 30.5 Å². The van der Waals surface area contributed by atoms with Crippen LogP contribution in [0.2, 0.25) is 0 Å². The zero-order chi connectivity index (χ0) is 22.7. The van der Waals surface area contributed by atoms with Crippen LogP contribution in [-0.2, 0) is 20.4 Å². The van der Waals surface area contributed by atoms with Crippen LogP contribution in [0.5, 0.6) is 0 Å². The van der Waals surface area contributed by atoms with Gasteiger partial charge in [-0.3, -0.25) is 14.7 Å². The zero-order valence-corrected chi connectivity index (χ0v) is 17.9. The molecule has 2 aliphatic heterocycles. The maximum absolute atomic E-state index is 13.4. The Kier molecular flexibility index (Phi) is 6.82. The van der Waals surface area contributed by atoms with Crippen molar-refractivity contribution < 1.29 is 27.4 Å². The first-order valence-corrected chi connectivity index (χ1v) is 10.8. The van der Waals surface area contributed by atoms with Crippen LogP contribution in [0, 0.1) is 0 Å². The Hall–Kier alpha value is -2.43. The van der Waals surface area contributed by atoms with Crippen molar-refractivity contribution >= 4 is 22.5 Å². The van der Waals surface area contributed by atoms with Gasteiger partial charge < -0.3 is 19.7 Å². The summed E-state index contributed by atoms with van der Waals surface area (Å²) in [6, 6.07) is 5.76. The fourth-order valence-electron chi connectivity index (χ4n) is 4.23. The van der Waals surface area contributed by atoms with Crippen LogP contribution >= 0.6 is 0 Å². The van der Waals surface area contributed by atoms with Crippen LogP contribution in [0.4, 0.5) is 18.9 Å². The second kappa shape index (κ2) is 9.60. The van der Waals surface area contributed by atoms with Crippen molar-refractivity contribution in [1.82, 2.24) is 15.2 Å². The number of rotatable bonds is 5. The van der Waals surface area contributed by atoms with Gasteiger partial charge in [-0.05, 0) is 31.2 Å². The van der Waals surface area contributed by atoms with Crippen LogP contribution < -0.4 is 10.2 Å². The van der Waals surface area contributed by atoms with Crippen molar-refractivity contribution in [3.63, 3.8) is 0 Å². The number of amides is 1. The first-order chi connectivity index (χ1) is 15.3. The molecule has 0 aliphatic carbocycles. The Morgan fingerprint density at radius 3 is 2.75 bits per heavy atom. The van der Waals surface area contributed by atoms with E-state index < -0.39 is 17.8 Å². The molecule has 1 aromatic heterocycles. The minimum Gasteiger partial charge on any atom is -0.379 e. The fraction of sp³-hybridized carbons (Fsp3) is 0.545. The standard InChI is InChI=1S/C22H27F3N4O3/c1-15-13-29(14-19(32-15)21(30)27-7-8-28-9-11-31-12-10-28)18-5-4-17(22(23,24)25)20-16(18)3-2-6-26-20/h2-6,15,19H,7-14H2,1H3,(H,27,30)/t15-,19-/m1/s1.